The molecule has 0 radical (unpaired) electrons. The first-order chi connectivity index (χ1) is 10.4. The van der Waals surface area contributed by atoms with E-state index in [1.807, 2.05) is 20.8 Å². The third-order valence-corrected chi connectivity index (χ3v) is 6.73. The molecule has 22 heavy (non-hydrogen) atoms. The van der Waals surface area contributed by atoms with E-state index in [0.717, 1.165) is 18.5 Å². The van der Waals surface area contributed by atoms with Crippen LogP contribution in [0.15, 0.2) is 4.90 Å². The fourth-order valence-corrected chi connectivity index (χ4v) is 5.71. The smallest absolute Gasteiger partial charge is 0.247 e. The molecule has 1 N–H and O–H groups in total. The zero-order valence-corrected chi connectivity index (χ0v) is 14.7. The molecule has 1 aromatic rings. The Kier molecular flexibility index (Phi) is 5.29. The predicted octanol–water partition coefficient (Wildman–Crippen LogP) is 1.33. The molecule has 1 aromatic heterocycles. The number of rotatable bonds is 5. The topological polar surface area (TPSA) is 75.4 Å². The summed E-state index contributed by atoms with van der Waals surface area (Å²) in [6.07, 6.45) is 2.98. The normalized spacial score (nSPS) is 23.9. The number of aryl methyl sites for hydroxylation is 2. The maximum atomic E-state index is 13.2. The van der Waals surface area contributed by atoms with Crippen LogP contribution in [0.3, 0.4) is 0 Å². The molecule has 2 atom stereocenters. The van der Waals surface area contributed by atoms with Crippen LogP contribution in [0.5, 0.6) is 0 Å². The first kappa shape index (κ1) is 17.4. The largest absolute Gasteiger partial charge is 0.395 e. The van der Waals surface area contributed by atoms with Crippen molar-refractivity contribution in [3.05, 3.63) is 11.4 Å². The second-order valence-electron chi connectivity index (χ2n) is 6.04. The lowest BCUT2D eigenvalue weighted by molar-refractivity contribution is 0.113. The molecule has 0 unspecified atom stereocenters. The molecule has 6 nitrogen and oxygen atoms in total. The van der Waals surface area contributed by atoms with Crippen LogP contribution >= 0.6 is 0 Å². The van der Waals surface area contributed by atoms with Gasteiger partial charge in [0, 0.05) is 13.6 Å². The van der Waals surface area contributed by atoms with Crippen LogP contribution in [0.1, 0.15) is 45.0 Å². The van der Waals surface area contributed by atoms with Gasteiger partial charge in [0.15, 0.2) is 0 Å². The summed E-state index contributed by atoms with van der Waals surface area (Å²) in [7, 11) is -1.84. The van der Waals surface area contributed by atoms with Crippen molar-refractivity contribution < 1.29 is 13.5 Å². The van der Waals surface area contributed by atoms with Crippen molar-refractivity contribution in [3.63, 3.8) is 0 Å². The van der Waals surface area contributed by atoms with E-state index in [1.165, 1.54) is 4.31 Å². The molecule has 0 amide bonds. The first-order valence-electron chi connectivity index (χ1n) is 8.05. The monoisotopic (exact) mass is 329 g/mol. The summed E-state index contributed by atoms with van der Waals surface area (Å²) < 4.78 is 29.6. The number of aromatic nitrogens is 2. The van der Waals surface area contributed by atoms with E-state index in [1.54, 1.807) is 11.7 Å². The molecule has 1 aliphatic rings. The van der Waals surface area contributed by atoms with E-state index in [2.05, 4.69) is 5.10 Å². The summed E-state index contributed by atoms with van der Waals surface area (Å²) in [6.45, 7) is 6.21. The number of aliphatic hydroxyl groups is 1. The van der Waals surface area contributed by atoms with Gasteiger partial charge in [0.2, 0.25) is 10.0 Å². The third kappa shape index (κ3) is 2.81. The highest BCUT2D eigenvalue weighted by molar-refractivity contribution is 7.89. The Morgan fingerprint density at radius 1 is 1.32 bits per heavy atom. The maximum Gasteiger partial charge on any atom is 0.247 e. The van der Waals surface area contributed by atoms with Crippen LogP contribution in [0.25, 0.3) is 0 Å². The standard InChI is InChI=1S/C15H27N3O3S/c1-5-12-15(13(6-2)17(4)16-12)22(20,21)18-9-7-8-11(3)14(18)10-19/h11,14,19H,5-10H2,1-4H3/t11-,14-/m1/s1. The van der Waals surface area contributed by atoms with Gasteiger partial charge in [-0.1, -0.05) is 20.8 Å². The van der Waals surface area contributed by atoms with Gasteiger partial charge >= 0.3 is 0 Å². The summed E-state index contributed by atoms with van der Waals surface area (Å²) in [5.74, 6) is 0.167. The molecule has 0 aromatic carbocycles. The van der Waals surface area contributed by atoms with Gasteiger partial charge in [-0.05, 0) is 31.6 Å². The van der Waals surface area contributed by atoms with Crippen molar-refractivity contribution in [2.45, 2.75) is 57.4 Å². The quantitative estimate of drug-likeness (QED) is 0.884. The number of aliphatic hydroxyl groups excluding tert-OH is 1. The Morgan fingerprint density at radius 3 is 2.55 bits per heavy atom. The first-order valence-corrected chi connectivity index (χ1v) is 9.49. The van der Waals surface area contributed by atoms with Crippen molar-refractivity contribution in [3.8, 4) is 0 Å². The zero-order chi connectivity index (χ0) is 16.5. The van der Waals surface area contributed by atoms with Crippen molar-refractivity contribution in [1.29, 1.82) is 0 Å². The van der Waals surface area contributed by atoms with Crippen LogP contribution < -0.4 is 0 Å². The van der Waals surface area contributed by atoms with Crippen molar-refractivity contribution in [2.75, 3.05) is 13.2 Å². The molecule has 1 fully saturated rings. The molecule has 2 rings (SSSR count). The van der Waals surface area contributed by atoms with E-state index in [9.17, 15) is 13.5 Å². The maximum absolute atomic E-state index is 13.2. The molecule has 0 bridgehead atoms. The molecule has 1 aliphatic heterocycles. The summed E-state index contributed by atoms with van der Waals surface area (Å²) >= 11 is 0. The molecule has 1 saturated heterocycles. The average Bonchev–Trinajstić information content (AvgIpc) is 2.83. The molecule has 2 heterocycles. The number of hydrogen-bond donors (Lipinski definition) is 1. The van der Waals surface area contributed by atoms with Gasteiger partial charge in [0.25, 0.3) is 0 Å². The minimum atomic E-state index is -3.63. The zero-order valence-electron chi connectivity index (χ0n) is 13.9. The van der Waals surface area contributed by atoms with Gasteiger partial charge in [-0.15, -0.1) is 0 Å². The van der Waals surface area contributed by atoms with Gasteiger partial charge in [0.1, 0.15) is 4.90 Å². The highest BCUT2D eigenvalue weighted by atomic mass is 32.2. The molecular weight excluding hydrogens is 302 g/mol. The van der Waals surface area contributed by atoms with Gasteiger partial charge in [0.05, 0.1) is 24.0 Å². The van der Waals surface area contributed by atoms with Crippen LogP contribution in [-0.2, 0) is 29.9 Å². The van der Waals surface area contributed by atoms with Crippen molar-refractivity contribution in [2.24, 2.45) is 13.0 Å². The van der Waals surface area contributed by atoms with E-state index >= 15 is 0 Å². The molecule has 0 aliphatic carbocycles. The van der Waals surface area contributed by atoms with E-state index in [0.29, 0.717) is 30.0 Å². The second-order valence-corrected chi connectivity index (χ2v) is 7.87. The van der Waals surface area contributed by atoms with E-state index in [-0.39, 0.29) is 18.6 Å². The van der Waals surface area contributed by atoms with Crippen LogP contribution in [0.2, 0.25) is 0 Å². The lowest BCUT2D eigenvalue weighted by atomic mass is 9.93. The highest BCUT2D eigenvalue weighted by Gasteiger charge is 2.39. The van der Waals surface area contributed by atoms with Crippen LogP contribution in [-0.4, -0.2) is 46.8 Å². The molecular formula is C15H27N3O3S. The van der Waals surface area contributed by atoms with Gasteiger partial charge < -0.3 is 5.11 Å². The number of piperidine rings is 1. The molecule has 7 heteroatoms. The highest BCUT2D eigenvalue weighted by Crippen LogP contribution is 2.32. The average molecular weight is 329 g/mol. The van der Waals surface area contributed by atoms with Gasteiger partial charge in [-0.3, -0.25) is 4.68 Å². The lowest BCUT2D eigenvalue weighted by Gasteiger charge is -2.38. The van der Waals surface area contributed by atoms with Gasteiger partial charge in [-0.2, -0.15) is 9.40 Å². The molecule has 0 spiro atoms. The Morgan fingerprint density at radius 2 is 2.00 bits per heavy atom. The van der Waals surface area contributed by atoms with Crippen LogP contribution in [0, 0.1) is 5.92 Å². The molecule has 126 valence electrons. The van der Waals surface area contributed by atoms with Crippen molar-refractivity contribution >= 4 is 10.0 Å². The summed E-state index contributed by atoms with van der Waals surface area (Å²) in [6, 6.07) is -0.339. The van der Waals surface area contributed by atoms with Gasteiger partial charge in [-0.25, -0.2) is 8.42 Å². The molecule has 0 saturated carbocycles. The Balaban J connectivity index is 2.54. The van der Waals surface area contributed by atoms with Crippen LogP contribution in [0.4, 0.5) is 0 Å². The second kappa shape index (κ2) is 6.68. The summed E-state index contributed by atoms with van der Waals surface area (Å²) in [4.78, 5) is 0.354. The number of hydrogen-bond acceptors (Lipinski definition) is 4. The lowest BCUT2D eigenvalue weighted by Crippen LogP contribution is -2.49. The fourth-order valence-electron chi connectivity index (χ4n) is 3.42. The third-order valence-electron chi connectivity index (χ3n) is 4.67. The van der Waals surface area contributed by atoms with Crippen molar-refractivity contribution in [1.82, 2.24) is 14.1 Å². The Bertz CT molecular complexity index is 624. The Hall–Kier alpha value is -0.920. The Labute approximate surface area is 133 Å². The minimum Gasteiger partial charge on any atom is -0.395 e. The summed E-state index contributed by atoms with van der Waals surface area (Å²) in [5.41, 5.74) is 1.36. The number of sulfonamides is 1. The summed E-state index contributed by atoms with van der Waals surface area (Å²) in [5, 5.41) is 14.1. The van der Waals surface area contributed by atoms with E-state index in [4.69, 9.17) is 0 Å². The predicted molar refractivity (Wildman–Crippen MR) is 85.1 cm³/mol. The fraction of sp³-hybridized carbons (Fsp3) is 0.800. The number of nitrogens with zero attached hydrogens (tertiary/aromatic N) is 3. The van der Waals surface area contributed by atoms with E-state index < -0.39 is 10.0 Å². The minimum absolute atomic E-state index is 0.135. The SMILES string of the molecule is CCc1nn(C)c(CC)c1S(=O)(=O)N1CCC[C@@H](C)[C@H]1CO.